The number of hydrogen-bond acceptors (Lipinski definition) is 2. The molecule has 0 saturated carbocycles. The molecule has 2 aromatic carbocycles. The van der Waals surface area contributed by atoms with Crippen molar-refractivity contribution in [1.29, 1.82) is 0 Å². The highest BCUT2D eigenvalue weighted by atomic mass is 35.5. The highest BCUT2D eigenvalue weighted by molar-refractivity contribution is 6.30. The summed E-state index contributed by atoms with van der Waals surface area (Å²) in [7, 11) is 0. The number of carbonyl (C=O) groups excluding carboxylic acids is 1. The van der Waals surface area contributed by atoms with Crippen molar-refractivity contribution in [3.8, 4) is 5.75 Å². The summed E-state index contributed by atoms with van der Waals surface area (Å²) in [4.78, 5) is 14.6. The SMILES string of the molecule is C[C@H](Oc1ccc(Cl)cc1)C(=O)N1c2ccccc2C[C@@H]1C. The smallest absolute Gasteiger partial charge is 0.268 e. The summed E-state index contributed by atoms with van der Waals surface area (Å²) < 4.78 is 5.76. The van der Waals surface area contributed by atoms with Gasteiger partial charge in [0.2, 0.25) is 0 Å². The highest BCUT2D eigenvalue weighted by Crippen LogP contribution is 2.32. The van der Waals surface area contributed by atoms with Gasteiger partial charge in [-0.3, -0.25) is 4.79 Å². The summed E-state index contributed by atoms with van der Waals surface area (Å²) in [5.41, 5.74) is 2.20. The van der Waals surface area contributed by atoms with Crippen molar-refractivity contribution in [1.82, 2.24) is 0 Å². The molecular weight excluding hydrogens is 298 g/mol. The molecule has 114 valence electrons. The normalized spacial score (nSPS) is 18.0. The number of halogens is 1. The summed E-state index contributed by atoms with van der Waals surface area (Å²) in [6.45, 7) is 3.84. The number of fused-ring (bicyclic) bond motifs is 1. The van der Waals surface area contributed by atoms with Crippen LogP contribution in [-0.4, -0.2) is 18.1 Å². The van der Waals surface area contributed by atoms with Crippen LogP contribution in [-0.2, 0) is 11.2 Å². The van der Waals surface area contributed by atoms with Crippen LogP contribution in [0.25, 0.3) is 0 Å². The minimum atomic E-state index is -0.546. The Hall–Kier alpha value is -2.00. The van der Waals surface area contributed by atoms with Crippen molar-refractivity contribution in [2.24, 2.45) is 0 Å². The van der Waals surface area contributed by atoms with Crippen LogP contribution in [0, 0.1) is 0 Å². The number of anilines is 1. The predicted octanol–water partition coefficient (Wildman–Crippen LogP) is 4.09. The number of rotatable bonds is 3. The summed E-state index contributed by atoms with van der Waals surface area (Å²) in [5.74, 6) is 0.623. The topological polar surface area (TPSA) is 29.5 Å². The van der Waals surface area contributed by atoms with Crippen molar-refractivity contribution < 1.29 is 9.53 Å². The molecule has 1 aliphatic rings. The van der Waals surface area contributed by atoms with Gasteiger partial charge < -0.3 is 9.64 Å². The summed E-state index contributed by atoms with van der Waals surface area (Å²) >= 11 is 5.86. The number of benzene rings is 2. The molecule has 1 amide bonds. The van der Waals surface area contributed by atoms with Gasteiger partial charge in [0.05, 0.1) is 0 Å². The Morgan fingerprint density at radius 3 is 2.64 bits per heavy atom. The third-order valence-electron chi connectivity index (χ3n) is 3.92. The van der Waals surface area contributed by atoms with E-state index in [1.165, 1.54) is 5.56 Å². The summed E-state index contributed by atoms with van der Waals surface area (Å²) in [6, 6.07) is 15.2. The lowest BCUT2D eigenvalue weighted by Crippen LogP contribution is -2.43. The van der Waals surface area contributed by atoms with Crippen molar-refractivity contribution in [2.75, 3.05) is 4.90 Å². The fraction of sp³-hybridized carbons (Fsp3) is 0.278. The zero-order valence-corrected chi connectivity index (χ0v) is 13.4. The predicted molar refractivity (Wildman–Crippen MR) is 88.6 cm³/mol. The minimum Gasteiger partial charge on any atom is -0.481 e. The molecule has 0 fully saturated rings. The third-order valence-corrected chi connectivity index (χ3v) is 4.17. The van der Waals surface area contributed by atoms with Crippen LogP contribution < -0.4 is 9.64 Å². The van der Waals surface area contributed by atoms with Crippen LogP contribution in [0.3, 0.4) is 0 Å². The van der Waals surface area contributed by atoms with Crippen LogP contribution in [0.5, 0.6) is 5.75 Å². The van der Waals surface area contributed by atoms with E-state index in [1.54, 1.807) is 31.2 Å². The number of nitrogens with zero attached hydrogens (tertiary/aromatic N) is 1. The van der Waals surface area contributed by atoms with Gasteiger partial charge >= 0.3 is 0 Å². The molecule has 0 bridgehead atoms. The molecule has 1 heterocycles. The first-order chi connectivity index (χ1) is 10.6. The van der Waals surface area contributed by atoms with Gasteiger partial charge in [0.25, 0.3) is 5.91 Å². The Labute approximate surface area is 135 Å². The van der Waals surface area contributed by atoms with E-state index in [4.69, 9.17) is 16.3 Å². The first-order valence-corrected chi connectivity index (χ1v) is 7.77. The molecule has 3 nitrogen and oxygen atoms in total. The van der Waals surface area contributed by atoms with Gasteiger partial charge in [-0.1, -0.05) is 29.8 Å². The van der Waals surface area contributed by atoms with E-state index in [9.17, 15) is 4.79 Å². The Kier molecular flexibility index (Phi) is 4.08. The molecule has 2 atom stereocenters. The molecular formula is C18H18ClNO2. The van der Waals surface area contributed by atoms with E-state index in [2.05, 4.69) is 13.0 Å². The third kappa shape index (κ3) is 2.81. The summed E-state index contributed by atoms with van der Waals surface area (Å²) in [6.07, 6.45) is 0.338. The van der Waals surface area contributed by atoms with Gasteiger partial charge in [-0.25, -0.2) is 0 Å². The second-order valence-electron chi connectivity index (χ2n) is 5.60. The van der Waals surface area contributed by atoms with Crippen LogP contribution in [0.1, 0.15) is 19.4 Å². The molecule has 22 heavy (non-hydrogen) atoms. The first kappa shape index (κ1) is 14.9. The summed E-state index contributed by atoms with van der Waals surface area (Å²) in [5, 5.41) is 0.647. The van der Waals surface area contributed by atoms with E-state index in [0.29, 0.717) is 10.8 Å². The van der Waals surface area contributed by atoms with Crippen LogP contribution in [0.15, 0.2) is 48.5 Å². The van der Waals surface area contributed by atoms with Gasteiger partial charge in [-0.2, -0.15) is 0 Å². The monoisotopic (exact) mass is 315 g/mol. The number of para-hydroxylation sites is 1. The van der Waals surface area contributed by atoms with Crippen LogP contribution in [0.2, 0.25) is 5.02 Å². The number of amides is 1. The van der Waals surface area contributed by atoms with Crippen molar-refractivity contribution in [2.45, 2.75) is 32.4 Å². The molecule has 4 heteroatoms. The molecule has 0 radical (unpaired) electrons. The standard InChI is InChI=1S/C18H18ClNO2/c1-12-11-14-5-3-4-6-17(14)20(12)18(21)13(2)22-16-9-7-15(19)8-10-16/h3-10,12-13H,11H2,1-2H3/t12-,13-/m0/s1. The average molecular weight is 316 g/mol. The molecule has 0 spiro atoms. The average Bonchev–Trinajstić information content (AvgIpc) is 2.84. The second kappa shape index (κ2) is 6.01. The molecule has 0 unspecified atom stereocenters. The largest absolute Gasteiger partial charge is 0.481 e. The Morgan fingerprint density at radius 2 is 1.91 bits per heavy atom. The number of carbonyl (C=O) groups is 1. The molecule has 0 aliphatic carbocycles. The van der Waals surface area contributed by atoms with Gasteiger partial charge in [-0.15, -0.1) is 0 Å². The lowest BCUT2D eigenvalue weighted by Gasteiger charge is -2.26. The van der Waals surface area contributed by atoms with Gasteiger partial charge in [0.1, 0.15) is 5.75 Å². The molecule has 1 aliphatic heterocycles. The number of ether oxygens (including phenoxy) is 1. The van der Waals surface area contributed by atoms with Crippen molar-refractivity contribution in [3.63, 3.8) is 0 Å². The van der Waals surface area contributed by atoms with E-state index >= 15 is 0 Å². The molecule has 2 aromatic rings. The quantitative estimate of drug-likeness (QED) is 0.854. The zero-order chi connectivity index (χ0) is 15.7. The van der Waals surface area contributed by atoms with Gasteiger partial charge in [-0.05, 0) is 56.2 Å². The van der Waals surface area contributed by atoms with Crippen molar-refractivity contribution >= 4 is 23.2 Å². The first-order valence-electron chi connectivity index (χ1n) is 7.39. The Bertz CT molecular complexity index is 684. The second-order valence-corrected chi connectivity index (χ2v) is 6.04. The van der Waals surface area contributed by atoms with Crippen molar-refractivity contribution in [3.05, 3.63) is 59.1 Å². The van der Waals surface area contributed by atoms with Gasteiger partial charge in [0.15, 0.2) is 6.10 Å². The molecule has 0 N–H and O–H groups in total. The fourth-order valence-corrected chi connectivity index (χ4v) is 2.99. The van der Waals surface area contributed by atoms with Crippen LogP contribution in [0.4, 0.5) is 5.69 Å². The lowest BCUT2D eigenvalue weighted by molar-refractivity contribution is -0.124. The molecule has 3 rings (SSSR count). The molecule has 0 aromatic heterocycles. The van der Waals surface area contributed by atoms with E-state index in [0.717, 1.165) is 12.1 Å². The highest BCUT2D eigenvalue weighted by Gasteiger charge is 2.33. The van der Waals surface area contributed by atoms with Gasteiger partial charge in [0, 0.05) is 16.8 Å². The zero-order valence-electron chi connectivity index (χ0n) is 12.6. The minimum absolute atomic E-state index is 0.0209. The maximum Gasteiger partial charge on any atom is 0.268 e. The maximum atomic E-state index is 12.8. The Balaban J connectivity index is 1.77. The Morgan fingerprint density at radius 1 is 1.23 bits per heavy atom. The fourth-order valence-electron chi connectivity index (χ4n) is 2.86. The maximum absolute atomic E-state index is 12.8. The molecule has 0 saturated heterocycles. The van der Waals surface area contributed by atoms with E-state index in [1.807, 2.05) is 23.1 Å². The number of hydrogen-bond donors (Lipinski definition) is 0. The lowest BCUT2D eigenvalue weighted by atomic mass is 10.1. The van der Waals surface area contributed by atoms with E-state index < -0.39 is 6.10 Å². The van der Waals surface area contributed by atoms with Crippen LogP contribution >= 0.6 is 11.6 Å². The van der Waals surface area contributed by atoms with E-state index in [-0.39, 0.29) is 11.9 Å².